The molecule has 0 radical (unpaired) electrons. The molecule has 0 aromatic carbocycles. The number of hydrogen-bond acceptors (Lipinski definition) is 4. The number of fused-ring (bicyclic) bond motifs is 2. The average Bonchev–Trinajstić information content (AvgIpc) is 3.08. The number of carbonyl (C=O) groups excluding carboxylic acids is 1. The summed E-state index contributed by atoms with van der Waals surface area (Å²) < 4.78 is 11.8. The molecule has 1 aliphatic heterocycles. The van der Waals surface area contributed by atoms with Crippen LogP contribution in [0.25, 0.3) is 0 Å². The minimum absolute atomic E-state index is 0.0347. The van der Waals surface area contributed by atoms with Gasteiger partial charge in [0.05, 0.1) is 24.9 Å². The monoisotopic (exact) mass is 280 g/mol. The Bertz CT molecular complexity index is 428. The van der Waals surface area contributed by atoms with E-state index in [4.69, 9.17) is 9.47 Å². The summed E-state index contributed by atoms with van der Waals surface area (Å²) >= 11 is 0. The molecule has 4 fully saturated rings. The van der Waals surface area contributed by atoms with Crippen molar-refractivity contribution in [2.75, 3.05) is 13.7 Å². The van der Waals surface area contributed by atoms with E-state index in [9.17, 15) is 9.90 Å². The van der Waals surface area contributed by atoms with Crippen LogP contribution in [0.5, 0.6) is 0 Å². The van der Waals surface area contributed by atoms with Gasteiger partial charge in [0.2, 0.25) is 0 Å². The summed E-state index contributed by atoms with van der Waals surface area (Å²) in [6.45, 7) is 0.0347. The molecule has 20 heavy (non-hydrogen) atoms. The van der Waals surface area contributed by atoms with E-state index in [2.05, 4.69) is 0 Å². The highest BCUT2D eigenvalue weighted by Crippen LogP contribution is 2.71. The second-order valence-corrected chi connectivity index (χ2v) is 7.39. The maximum Gasteiger partial charge on any atom is 0.314 e. The Labute approximate surface area is 119 Å². The van der Waals surface area contributed by atoms with Crippen molar-refractivity contribution >= 4 is 5.97 Å². The van der Waals surface area contributed by atoms with Crippen molar-refractivity contribution in [3.8, 4) is 0 Å². The van der Waals surface area contributed by atoms with E-state index in [1.165, 1.54) is 32.8 Å². The van der Waals surface area contributed by atoms with E-state index in [-0.39, 0.29) is 18.2 Å². The maximum atomic E-state index is 12.7. The Balaban J connectivity index is 1.87. The molecule has 0 amide bonds. The zero-order valence-corrected chi connectivity index (χ0v) is 12.2. The normalized spacial score (nSPS) is 52.7. The van der Waals surface area contributed by atoms with Crippen molar-refractivity contribution in [1.29, 1.82) is 0 Å². The van der Waals surface area contributed by atoms with Gasteiger partial charge >= 0.3 is 5.97 Å². The van der Waals surface area contributed by atoms with Crippen LogP contribution < -0.4 is 0 Å². The van der Waals surface area contributed by atoms with Crippen LogP contribution in [-0.2, 0) is 14.3 Å². The summed E-state index contributed by atoms with van der Waals surface area (Å²) in [5, 5.41) is 9.90. The molecule has 112 valence electrons. The van der Waals surface area contributed by atoms with E-state index in [0.717, 1.165) is 19.3 Å². The molecule has 4 aliphatic rings. The Kier molecular flexibility index (Phi) is 2.60. The van der Waals surface area contributed by atoms with Gasteiger partial charge in [-0.1, -0.05) is 0 Å². The third kappa shape index (κ3) is 1.24. The molecule has 4 nitrogen and oxygen atoms in total. The summed E-state index contributed by atoms with van der Waals surface area (Å²) in [6, 6.07) is 0. The van der Waals surface area contributed by atoms with E-state index in [1.54, 1.807) is 0 Å². The van der Waals surface area contributed by atoms with Gasteiger partial charge in [-0.25, -0.2) is 0 Å². The number of aliphatic hydroxyl groups excluding tert-OH is 1. The summed E-state index contributed by atoms with van der Waals surface area (Å²) in [7, 11) is 1.50. The molecule has 1 saturated heterocycles. The summed E-state index contributed by atoms with van der Waals surface area (Å²) in [5.74, 6) is 0.877. The lowest BCUT2D eigenvalue weighted by molar-refractivity contribution is -0.182. The molecule has 1 N–H and O–H groups in total. The maximum absolute atomic E-state index is 12.7. The van der Waals surface area contributed by atoms with Gasteiger partial charge < -0.3 is 14.6 Å². The van der Waals surface area contributed by atoms with Crippen molar-refractivity contribution in [2.24, 2.45) is 17.3 Å². The van der Waals surface area contributed by atoms with Crippen molar-refractivity contribution in [3.63, 3.8) is 0 Å². The molecule has 4 heteroatoms. The number of carbonyl (C=O) groups is 1. The molecule has 0 unspecified atom stereocenters. The lowest BCUT2D eigenvalue weighted by atomic mass is 9.59. The molecule has 2 atom stereocenters. The zero-order valence-electron chi connectivity index (χ0n) is 12.2. The molecule has 1 heterocycles. The number of hydrogen-bond donors (Lipinski definition) is 1. The van der Waals surface area contributed by atoms with E-state index in [1.807, 2.05) is 0 Å². The Morgan fingerprint density at radius 2 is 1.90 bits per heavy atom. The van der Waals surface area contributed by atoms with Gasteiger partial charge in [0.1, 0.15) is 5.41 Å². The zero-order chi connectivity index (χ0) is 14.0. The van der Waals surface area contributed by atoms with Gasteiger partial charge in [-0.2, -0.15) is 0 Å². The van der Waals surface area contributed by atoms with E-state index < -0.39 is 11.0 Å². The highest BCUT2D eigenvalue weighted by Gasteiger charge is 2.77. The topological polar surface area (TPSA) is 55.8 Å². The van der Waals surface area contributed by atoms with Crippen molar-refractivity contribution < 1.29 is 19.4 Å². The standard InChI is InChI=1S/C16H24O4/c1-19-13(18)15-8-2-7-14(9-15,10-17)20-16(15)11-3-4-12(16)6-5-11/h11-12,17H,2-10H2,1H3/t11?,12?,14-,15+,16?/m1/s1. The van der Waals surface area contributed by atoms with Crippen LogP contribution in [0.15, 0.2) is 0 Å². The molecule has 1 spiro atoms. The molecule has 4 bridgehead atoms. The van der Waals surface area contributed by atoms with Crippen LogP contribution in [0.3, 0.4) is 0 Å². The predicted molar refractivity (Wildman–Crippen MR) is 72.0 cm³/mol. The Hall–Kier alpha value is -0.610. The molecule has 0 aromatic rings. The third-order valence-electron chi connectivity index (χ3n) is 6.80. The number of esters is 1. The summed E-state index contributed by atoms with van der Waals surface area (Å²) in [5.41, 5.74) is -1.32. The fraction of sp³-hybridized carbons (Fsp3) is 0.938. The van der Waals surface area contributed by atoms with Gasteiger partial charge in [-0.3, -0.25) is 4.79 Å². The van der Waals surface area contributed by atoms with Gasteiger partial charge in [-0.05, 0) is 63.2 Å². The first-order valence-corrected chi connectivity index (χ1v) is 8.02. The first kappa shape index (κ1) is 13.1. The highest BCUT2D eigenvalue weighted by atomic mass is 16.6. The first-order valence-electron chi connectivity index (χ1n) is 8.02. The fourth-order valence-corrected chi connectivity index (χ4v) is 6.24. The lowest BCUT2D eigenvalue weighted by Gasteiger charge is -2.43. The Morgan fingerprint density at radius 3 is 2.45 bits per heavy atom. The quantitative estimate of drug-likeness (QED) is 0.786. The minimum Gasteiger partial charge on any atom is -0.469 e. The molecule has 3 aliphatic carbocycles. The largest absolute Gasteiger partial charge is 0.469 e. The summed E-state index contributed by atoms with van der Waals surface area (Å²) in [4.78, 5) is 12.7. The first-order chi connectivity index (χ1) is 9.62. The number of methoxy groups -OCH3 is 1. The Morgan fingerprint density at radius 1 is 1.25 bits per heavy atom. The van der Waals surface area contributed by atoms with Gasteiger partial charge in [-0.15, -0.1) is 0 Å². The van der Waals surface area contributed by atoms with Crippen LogP contribution in [-0.4, -0.2) is 36.0 Å². The van der Waals surface area contributed by atoms with Crippen LogP contribution >= 0.6 is 0 Å². The molecule has 0 aromatic heterocycles. The molecular formula is C16H24O4. The van der Waals surface area contributed by atoms with Crippen molar-refractivity contribution in [1.82, 2.24) is 0 Å². The molecule has 3 saturated carbocycles. The number of rotatable bonds is 2. The van der Waals surface area contributed by atoms with Crippen LogP contribution in [0.1, 0.15) is 51.4 Å². The number of aliphatic hydroxyl groups is 1. The average molecular weight is 280 g/mol. The van der Waals surface area contributed by atoms with Crippen LogP contribution in [0.4, 0.5) is 0 Å². The molecule has 4 rings (SSSR count). The van der Waals surface area contributed by atoms with Gasteiger partial charge in [0, 0.05) is 0 Å². The molecular weight excluding hydrogens is 256 g/mol. The van der Waals surface area contributed by atoms with Gasteiger partial charge in [0.25, 0.3) is 0 Å². The van der Waals surface area contributed by atoms with E-state index in [0.29, 0.717) is 18.3 Å². The van der Waals surface area contributed by atoms with Crippen molar-refractivity contribution in [3.05, 3.63) is 0 Å². The van der Waals surface area contributed by atoms with Gasteiger partial charge in [0.15, 0.2) is 0 Å². The van der Waals surface area contributed by atoms with Crippen molar-refractivity contribution in [2.45, 2.75) is 62.6 Å². The summed E-state index contributed by atoms with van der Waals surface area (Å²) in [6.07, 6.45) is 8.05. The SMILES string of the molecule is COC(=O)[C@]12CCC[C@](CO)(C1)OC21C2CCC1CC2. The van der Waals surface area contributed by atoms with Crippen LogP contribution in [0, 0.1) is 17.3 Å². The fourth-order valence-electron chi connectivity index (χ4n) is 6.24. The third-order valence-corrected chi connectivity index (χ3v) is 6.80. The lowest BCUT2D eigenvalue weighted by Crippen LogP contribution is -2.54. The predicted octanol–water partition coefficient (Wildman–Crippen LogP) is 2.04. The second-order valence-electron chi connectivity index (χ2n) is 7.39. The van der Waals surface area contributed by atoms with Crippen LogP contribution in [0.2, 0.25) is 0 Å². The second kappa shape index (κ2) is 3.98. The minimum atomic E-state index is -0.495. The van der Waals surface area contributed by atoms with E-state index >= 15 is 0 Å². The smallest absolute Gasteiger partial charge is 0.314 e. The highest BCUT2D eigenvalue weighted by molar-refractivity contribution is 5.80. The number of ether oxygens (including phenoxy) is 2.